The molecule has 0 fully saturated rings. The Morgan fingerprint density at radius 1 is 1.37 bits per heavy atom. The van der Waals surface area contributed by atoms with Crippen molar-refractivity contribution in [2.75, 3.05) is 11.3 Å². The zero-order chi connectivity index (χ0) is 13.9. The van der Waals surface area contributed by atoms with Gasteiger partial charge in [-0.25, -0.2) is 13.4 Å². The third-order valence-corrected chi connectivity index (χ3v) is 6.21. The number of sulfonamides is 1. The maximum Gasteiger partial charge on any atom is 0.273 e. The number of aromatic nitrogens is 1. The molecule has 2 aromatic rings. The Balaban J connectivity index is 2.13. The molecule has 0 unspecified atom stereocenters. The van der Waals surface area contributed by atoms with E-state index in [1.807, 2.05) is 25.3 Å². The van der Waals surface area contributed by atoms with Crippen LogP contribution in [0.3, 0.4) is 0 Å². The molecular weight excluding hydrogens is 302 g/mol. The summed E-state index contributed by atoms with van der Waals surface area (Å²) in [6.45, 7) is 5.38. The number of aryl methyl sites for hydroxylation is 1. The third kappa shape index (κ3) is 3.75. The number of nitrogens with one attached hydrogen (secondary N) is 2. The van der Waals surface area contributed by atoms with Crippen molar-refractivity contribution in [2.45, 2.75) is 24.6 Å². The molecule has 0 aromatic carbocycles. The minimum absolute atomic E-state index is 0.313. The SMILES string of the molecule is CCNCc1ccc(S(=O)(=O)Nc2nc(C)cs2)s1. The molecule has 2 N–H and O–H groups in total. The molecule has 104 valence electrons. The molecule has 0 amide bonds. The zero-order valence-electron chi connectivity index (χ0n) is 10.6. The van der Waals surface area contributed by atoms with Gasteiger partial charge in [0.1, 0.15) is 4.21 Å². The predicted molar refractivity (Wildman–Crippen MR) is 79.4 cm³/mol. The Labute approximate surface area is 120 Å². The molecule has 0 saturated carbocycles. The van der Waals surface area contributed by atoms with Gasteiger partial charge in [0.15, 0.2) is 5.13 Å². The second-order valence-corrected chi connectivity index (χ2v) is 7.84. The van der Waals surface area contributed by atoms with Gasteiger partial charge in [0, 0.05) is 16.8 Å². The maximum atomic E-state index is 12.1. The molecule has 0 atom stereocenters. The average molecular weight is 317 g/mol. The van der Waals surface area contributed by atoms with Crippen LogP contribution in [0, 0.1) is 6.92 Å². The monoisotopic (exact) mass is 317 g/mol. The maximum absolute atomic E-state index is 12.1. The molecule has 0 aliphatic rings. The van der Waals surface area contributed by atoms with Gasteiger partial charge in [0.2, 0.25) is 0 Å². The van der Waals surface area contributed by atoms with Crippen LogP contribution < -0.4 is 10.0 Å². The Bertz CT molecular complexity index is 646. The second kappa shape index (κ2) is 6.00. The van der Waals surface area contributed by atoms with Crippen LogP contribution in [-0.4, -0.2) is 19.9 Å². The van der Waals surface area contributed by atoms with Crippen LogP contribution >= 0.6 is 22.7 Å². The number of nitrogens with zero attached hydrogens (tertiary/aromatic N) is 1. The van der Waals surface area contributed by atoms with Crippen molar-refractivity contribution in [2.24, 2.45) is 0 Å². The van der Waals surface area contributed by atoms with Crippen molar-refractivity contribution in [3.8, 4) is 0 Å². The van der Waals surface area contributed by atoms with Crippen LogP contribution in [0.5, 0.6) is 0 Å². The molecule has 19 heavy (non-hydrogen) atoms. The Morgan fingerprint density at radius 3 is 2.79 bits per heavy atom. The number of rotatable bonds is 6. The van der Waals surface area contributed by atoms with E-state index < -0.39 is 10.0 Å². The van der Waals surface area contributed by atoms with Crippen LogP contribution in [0.25, 0.3) is 0 Å². The highest BCUT2D eigenvalue weighted by atomic mass is 32.2. The number of anilines is 1. The summed E-state index contributed by atoms with van der Waals surface area (Å²) in [5.74, 6) is 0. The van der Waals surface area contributed by atoms with E-state index in [1.165, 1.54) is 22.7 Å². The Kier molecular flexibility index (Phi) is 4.56. The standard InChI is InChI=1S/C11H15N3O2S3/c1-3-12-6-9-4-5-10(18-9)19(15,16)14-11-13-8(2)7-17-11/h4-5,7,12H,3,6H2,1-2H3,(H,13,14). The summed E-state index contributed by atoms with van der Waals surface area (Å²) in [6, 6.07) is 3.45. The molecule has 2 rings (SSSR count). The Hall–Kier alpha value is -0.960. The van der Waals surface area contributed by atoms with Gasteiger partial charge in [-0.2, -0.15) is 0 Å². The third-order valence-electron chi connectivity index (χ3n) is 2.29. The summed E-state index contributed by atoms with van der Waals surface area (Å²) < 4.78 is 27.1. The molecule has 2 aromatic heterocycles. The number of thiophene rings is 1. The highest BCUT2D eigenvalue weighted by molar-refractivity contribution is 7.94. The minimum Gasteiger partial charge on any atom is -0.312 e. The van der Waals surface area contributed by atoms with E-state index >= 15 is 0 Å². The van der Waals surface area contributed by atoms with E-state index in [4.69, 9.17) is 0 Å². The quantitative estimate of drug-likeness (QED) is 0.858. The number of thiazole rings is 1. The molecule has 0 bridgehead atoms. The smallest absolute Gasteiger partial charge is 0.273 e. The van der Waals surface area contributed by atoms with Crippen molar-refractivity contribution in [3.05, 3.63) is 28.1 Å². The number of hydrogen-bond acceptors (Lipinski definition) is 6. The van der Waals surface area contributed by atoms with Crippen molar-refractivity contribution >= 4 is 37.8 Å². The fourth-order valence-corrected chi connectivity index (χ4v) is 4.68. The largest absolute Gasteiger partial charge is 0.312 e. The predicted octanol–water partition coefficient (Wildman–Crippen LogP) is 2.42. The molecule has 8 heteroatoms. The van der Waals surface area contributed by atoms with Crippen LogP contribution in [0.1, 0.15) is 17.5 Å². The topological polar surface area (TPSA) is 71.1 Å². The lowest BCUT2D eigenvalue weighted by molar-refractivity contribution is 0.603. The highest BCUT2D eigenvalue weighted by Gasteiger charge is 2.18. The molecule has 5 nitrogen and oxygen atoms in total. The Morgan fingerprint density at radius 2 is 2.16 bits per heavy atom. The summed E-state index contributed by atoms with van der Waals surface area (Å²) in [7, 11) is -3.52. The van der Waals surface area contributed by atoms with E-state index in [-0.39, 0.29) is 0 Å². The lowest BCUT2D eigenvalue weighted by Crippen LogP contribution is -2.11. The molecule has 0 saturated heterocycles. The van der Waals surface area contributed by atoms with Crippen molar-refractivity contribution in [1.29, 1.82) is 0 Å². The second-order valence-electron chi connectivity index (χ2n) is 3.90. The van der Waals surface area contributed by atoms with E-state index in [9.17, 15) is 8.42 Å². The van der Waals surface area contributed by atoms with Crippen LogP contribution in [0.4, 0.5) is 5.13 Å². The van der Waals surface area contributed by atoms with Gasteiger partial charge in [-0.15, -0.1) is 22.7 Å². The van der Waals surface area contributed by atoms with Gasteiger partial charge in [-0.1, -0.05) is 6.92 Å². The normalized spacial score (nSPS) is 11.7. The molecule has 0 spiro atoms. The fourth-order valence-electron chi connectivity index (χ4n) is 1.41. The first kappa shape index (κ1) is 14.4. The van der Waals surface area contributed by atoms with E-state index in [1.54, 1.807) is 6.07 Å². The van der Waals surface area contributed by atoms with Gasteiger partial charge in [0.25, 0.3) is 10.0 Å². The van der Waals surface area contributed by atoms with Crippen molar-refractivity contribution in [3.63, 3.8) is 0 Å². The first-order valence-corrected chi connectivity index (χ1v) is 8.93. The summed E-state index contributed by atoms with van der Waals surface area (Å²) >= 11 is 2.55. The lowest BCUT2D eigenvalue weighted by atomic mass is 10.4. The van der Waals surface area contributed by atoms with Crippen LogP contribution in [-0.2, 0) is 16.6 Å². The van der Waals surface area contributed by atoms with E-state index in [0.29, 0.717) is 15.9 Å². The van der Waals surface area contributed by atoms with Crippen molar-refractivity contribution in [1.82, 2.24) is 10.3 Å². The van der Waals surface area contributed by atoms with Gasteiger partial charge in [0.05, 0.1) is 5.69 Å². The van der Waals surface area contributed by atoms with Gasteiger partial charge in [-0.3, -0.25) is 4.72 Å². The first-order valence-electron chi connectivity index (χ1n) is 5.75. The first-order chi connectivity index (χ1) is 9.01. The summed E-state index contributed by atoms with van der Waals surface area (Å²) in [5, 5.41) is 5.38. The molecule has 0 aliphatic carbocycles. The molecular formula is C11H15N3O2S3. The molecule has 0 radical (unpaired) electrons. The van der Waals surface area contributed by atoms with Gasteiger partial charge < -0.3 is 5.32 Å². The lowest BCUT2D eigenvalue weighted by Gasteiger charge is -2.01. The fraction of sp³-hybridized carbons (Fsp3) is 0.364. The number of hydrogen-bond donors (Lipinski definition) is 2. The molecule has 2 heterocycles. The minimum atomic E-state index is -3.52. The van der Waals surface area contributed by atoms with Crippen molar-refractivity contribution < 1.29 is 8.42 Å². The zero-order valence-corrected chi connectivity index (χ0v) is 13.1. The van der Waals surface area contributed by atoms with E-state index in [2.05, 4.69) is 15.0 Å². The summed E-state index contributed by atoms with van der Waals surface area (Å²) in [6.07, 6.45) is 0. The summed E-state index contributed by atoms with van der Waals surface area (Å²) in [4.78, 5) is 5.10. The summed E-state index contributed by atoms with van der Waals surface area (Å²) in [5.41, 5.74) is 0.807. The van der Waals surface area contributed by atoms with Crippen LogP contribution in [0.2, 0.25) is 0 Å². The van der Waals surface area contributed by atoms with E-state index in [0.717, 1.165) is 17.1 Å². The highest BCUT2D eigenvalue weighted by Crippen LogP contribution is 2.25. The average Bonchev–Trinajstić information content (AvgIpc) is 2.95. The van der Waals surface area contributed by atoms with Gasteiger partial charge in [-0.05, 0) is 25.6 Å². The molecule has 0 aliphatic heterocycles. The van der Waals surface area contributed by atoms with Gasteiger partial charge >= 0.3 is 0 Å². The van der Waals surface area contributed by atoms with Crippen LogP contribution in [0.15, 0.2) is 21.7 Å².